The number of hydrogen-bond donors (Lipinski definition) is 3. The monoisotopic (exact) mass is 386 g/mol. The number of hydrogen-bond acceptors (Lipinski definition) is 2. The van der Waals surface area contributed by atoms with Gasteiger partial charge in [-0.1, -0.05) is 34.1 Å². The second-order valence-electron chi connectivity index (χ2n) is 5.43. The molecule has 0 fully saturated rings. The van der Waals surface area contributed by atoms with E-state index in [9.17, 15) is 14.7 Å². The quantitative estimate of drug-likeness (QED) is 0.628. The summed E-state index contributed by atoms with van der Waals surface area (Å²) in [5.41, 5.74) is 2.22. The third-order valence-corrected chi connectivity index (χ3v) is 4.34. The van der Waals surface area contributed by atoms with Crippen molar-refractivity contribution in [1.82, 2.24) is 10.3 Å². The maximum Gasteiger partial charge on any atom is 0.326 e. The van der Waals surface area contributed by atoms with Gasteiger partial charge >= 0.3 is 5.97 Å². The van der Waals surface area contributed by atoms with Crippen molar-refractivity contribution in [1.29, 1.82) is 0 Å². The first-order valence-corrected chi connectivity index (χ1v) is 8.18. The highest BCUT2D eigenvalue weighted by Gasteiger charge is 2.22. The smallest absolute Gasteiger partial charge is 0.326 e. The third-order valence-electron chi connectivity index (χ3n) is 3.81. The van der Waals surface area contributed by atoms with E-state index in [1.54, 1.807) is 30.5 Å². The van der Waals surface area contributed by atoms with Crippen LogP contribution in [0.15, 0.2) is 59.2 Å². The Balaban J connectivity index is 1.79. The highest BCUT2D eigenvalue weighted by molar-refractivity contribution is 9.10. The minimum atomic E-state index is -1.06. The lowest BCUT2D eigenvalue weighted by Crippen LogP contribution is -2.42. The first kappa shape index (κ1) is 16.3. The fraction of sp³-hybridized carbons (Fsp3) is 0.111. The molecule has 2 aromatic carbocycles. The van der Waals surface area contributed by atoms with Gasteiger partial charge in [0.2, 0.25) is 0 Å². The first-order valence-electron chi connectivity index (χ1n) is 7.39. The van der Waals surface area contributed by atoms with E-state index in [1.807, 2.05) is 24.3 Å². The van der Waals surface area contributed by atoms with Gasteiger partial charge in [0.25, 0.3) is 5.91 Å². The van der Waals surface area contributed by atoms with Gasteiger partial charge in [-0.3, -0.25) is 4.79 Å². The van der Waals surface area contributed by atoms with Gasteiger partial charge in [-0.15, -0.1) is 0 Å². The van der Waals surface area contributed by atoms with Crippen LogP contribution in [0.5, 0.6) is 0 Å². The number of carboxylic acid groups (broad SMARTS) is 1. The Morgan fingerprint density at radius 2 is 1.83 bits per heavy atom. The predicted molar refractivity (Wildman–Crippen MR) is 95.0 cm³/mol. The fourth-order valence-corrected chi connectivity index (χ4v) is 2.83. The van der Waals surface area contributed by atoms with Gasteiger partial charge in [0.15, 0.2) is 0 Å². The molecular formula is C18H15BrN2O3. The molecule has 0 aliphatic rings. The molecule has 1 atom stereocenters. The van der Waals surface area contributed by atoms with E-state index in [-0.39, 0.29) is 6.42 Å². The van der Waals surface area contributed by atoms with Crippen LogP contribution in [-0.4, -0.2) is 28.0 Å². The number of carbonyl (C=O) groups excluding carboxylic acids is 1. The number of fused-ring (bicyclic) bond motifs is 1. The predicted octanol–water partition coefficient (Wildman–Crippen LogP) is 3.36. The largest absolute Gasteiger partial charge is 0.480 e. The fourth-order valence-electron chi connectivity index (χ4n) is 2.56. The SMILES string of the molecule is O=C(NC(Cc1c[nH]c2ccccc12)C(=O)O)c1ccc(Br)cc1. The second kappa shape index (κ2) is 6.88. The lowest BCUT2D eigenvalue weighted by molar-refractivity contribution is -0.139. The van der Waals surface area contributed by atoms with Crippen LogP contribution in [-0.2, 0) is 11.2 Å². The number of amides is 1. The highest BCUT2D eigenvalue weighted by Crippen LogP contribution is 2.19. The number of nitrogens with one attached hydrogen (secondary N) is 2. The molecule has 3 N–H and O–H groups in total. The lowest BCUT2D eigenvalue weighted by atomic mass is 10.0. The van der Waals surface area contributed by atoms with E-state index < -0.39 is 17.9 Å². The Labute approximate surface area is 146 Å². The van der Waals surface area contributed by atoms with E-state index in [2.05, 4.69) is 26.2 Å². The molecule has 122 valence electrons. The minimum absolute atomic E-state index is 0.210. The summed E-state index contributed by atoms with van der Waals surface area (Å²) >= 11 is 3.30. The summed E-state index contributed by atoms with van der Waals surface area (Å²) in [5, 5.41) is 13.0. The Bertz CT molecular complexity index is 887. The summed E-state index contributed by atoms with van der Waals surface area (Å²) in [6.45, 7) is 0. The van der Waals surface area contributed by atoms with Crippen molar-refractivity contribution in [3.63, 3.8) is 0 Å². The average molecular weight is 387 g/mol. The summed E-state index contributed by atoms with van der Waals surface area (Å²) in [7, 11) is 0. The molecule has 0 radical (unpaired) electrons. The van der Waals surface area contributed by atoms with Gasteiger partial charge in [0, 0.05) is 33.6 Å². The maximum atomic E-state index is 12.3. The zero-order valence-electron chi connectivity index (χ0n) is 12.6. The van der Waals surface area contributed by atoms with Crippen molar-refractivity contribution in [2.45, 2.75) is 12.5 Å². The molecule has 0 bridgehead atoms. The van der Waals surface area contributed by atoms with Crippen LogP contribution in [0.4, 0.5) is 0 Å². The molecule has 24 heavy (non-hydrogen) atoms. The Hall–Kier alpha value is -2.60. The number of aromatic amines is 1. The van der Waals surface area contributed by atoms with E-state index in [4.69, 9.17) is 0 Å². The third kappa shape index (κ3) is 3.49. The van der Waals surface area contributed by atoms with Crippen LogP contribution in [0.25, 0.3) is 10.9 Å². The standard InChI is InChI=1S/C18H15BrN2O3/c19-13-7-5-11(6-8-13)17(22)21-16(18(23)24)9-12-10-20-15-4-2-1-3-14(12)15/h1-8,10,16,20H,9H2,(H,21,22)(H,23,24). The Kier molecular flexibility index (Phi) is 4.66. The molecule has 6 heteroatoms. The molecule has 1 aromatic heterocycles. The highest BCUT2D eigenvalue weighted by atomic mass is 79.9. The molecule has 0 spiro atoms. The number of benzene rings is 2. The molecule has 0 saturated heterocycles. The molecule has 3 aromatic rings. The maximum absolute atomic E-state index is 12.3. The van der Waals surface area contributed by atoms with Crippen LogP contribution >= 0.6 is 15.9 Å². The van der Waals surface area contributed by atoms with Crippen LogP contribution in [0.1, 0.15) is 15.9 Å². The second-order valence-corrected chi connectivity index (χ2v) is 6.35. The summed E-state index contributed by atoms with van der Waals surface area (Å²) in [4.78, 5) is 26.9. The molecule has 0 aliphatic heterocycles. The van der Waals surface area contributed by atoms with Gasteiger partial charge in [-0.2, -0.15) is 0 Å². The molecule has 5 nitrogen and oxygen atoms in total. The Morgan fingerprint density at radius 1 is 1.12 bits per heavy atom. The zero-order valence-corrected chi connectivity index (χ0v) is 14.2. The molecular weight excluding hydrogens is 372 g/mol. The van der Waals surface area contributed by atoms with Gasteiger partial charge in [0.05, 0.1) is 0 Å². The number of halogens is 1. The van der Waals surface area contributed by atoms with E-state index >= 15 is 0 Å². The molecule has 0 aliphatic carbocycles. The van der Waals surface area contributed by atoms with E-state index in [0.29, 0.717) is 5.56 Å². The van der Waals surface area contributed by atoms with Gasteiger partial charge in [-0.05, 0) is 35.9 Å². The molecule has 0 saturated carbocycles. The number of H-pyrrole nitrogens is 1. The molecule has 3 rings (SSSR count). The molecule has 1 unspecified atom stereocenters. The number of aromatic nitrogens is 1. The van der Waals surface area contributed by atoms with Crippen molar-refractivity contribution in [2.24, 2.45) is 0 Å². The van der Waals surface area contributed by atoms with Crippen molar-refractivity contribution < 1.29 is 14.7 Å². The lowest BCUT2D eigenvalue weighted by Gasteiger charge is -2.14. The summed E-state index contributed by atoms with van der Waals surface area (Å²) in [5.74, 6) is -1.47. The van der Waals surface area contributed by atoms with E-state index in [0.717, 1.165) is 20.9 Å². The minimum Gasteiger partial charge on any atom is -0.480 e. The number of para-hydroxylation sites is 1. The van der Waals surface area contributed by atoms with E-state index in [1.165, 1.54) is 0 Å². The first-order chi connectivity index (χ1) is 11.5. The topological polar surface area (TPSA) is 82.2 Å². The number of carbonyl (C=O) groups is 2. The van der Waals surface area contributed by atoms with Crippen LogP contribution in [0.2, 0.25) is 0 Å². The van der Waals surface area contributed by atoms with Crippen molar-refractivity contribution in [3.05, 3.63) is 70.3 Å². The molecule has 1 amide bonds. The zero-order chi connectivity index (χ0) is 17.1. The van der Waals surface area contributed by atoms with Crippen LogP contribution in [0.3, 0.4) is 0 Å². The van der Waals surface area contributed by atoms with Crippen molar-refractivity contribution in [3.8, 4) is 0 Å². The summed E-state index contributed by atoms with van der Waals surface area (Å²) in [6, 6.07) is 13.4. The summed E-state index contributed by atoms with van der Waals surface area (Å²) in [6.07, 6.45) is 1.99. The van der Waals surface area contributed by atoms with Gasteiger partial charge < -0.3 is 15.4 Å². The molecule has 1 heterocycles. The van der Waals surface area contributed by atoms with Gasteiger partial charge in [0.1, 0.15) is 6.04 Å². The normalized spacial score (nSPS) is 12.0. The number of rotatable bonds is 5. The summed E-state index contributed by atoms with van der Waals surface area (Å²) < 4.78 is 0.854. The van der Waals surface area contributed by atoms with Crippen molar-refractivity contribution in [2.75, 3.05) is 0 Å². The van der Waals surface area contributed by atoms with Gasteiger partial charge in [-0.25, -0.2) is 4.79 Å². The van der Waals surface area contributed by atoms with Crippen LogP contribution < -0.4 is 5.32 Å². The number of carboxylic acids is 1. The van der Waals surface area contributed by atoms with Crippen molar-refractivity contribution >= 4 is 38.7 Å². The van der Waals surface area contributed by atoms with Crippen LogP contribution in [0, 0.1) is 0 Å². The average Bonchev–Trinajstić information content (AvgIpc) is 2.98. The number of aliphatic carboxylic acids is 1. The Morgan fingerprint density at radius 3 is 2.54 bits per heavy atom.